The number of ether oxygens (including phenoxy) is 2. The van der Waals surface area contributed by atoms with Crippen molar-refractivity contribution in [3.8, 4) is 10.8 Å². The molecule has 0 aliphatic heterocycles. The average molecular weight is 596 g/mol. The summed E-state index contributed by atoms with van der Waals surface area (Å²) >= 11 is 3.02. The highest BCUT2D eigenvalue weighted by Gasteiger charge is 2.29. The lowest BCUT2D eigenvalue weighted by atomic mass is 10.0. The summed E-state index contributed by atoms with van der Waals surface area (Å²) in [6, 6.07) is 17.2. The minimum Gasteiger partial charge on any atom is -0.467 e. The van der Waals surface area contributed by atoms with Crippen molar-refractivity contribution < 1.29 is 28.3 Å². The van der Waals surface area contributed by atoms with Gasteiger partial charge in [0.05, 0.1) is 12.0 Å². The van der Waals surface area contributed by atoms with Crippen LogP contribution in [0, 0.1) is 0 Å². The Hall–Kier alpha value is -3.83. The Bertz CT molecular complexity index is 1460. The molecule has 2 atom stereocenters. The summed E-state index contributed by atoms with van der Waals surface area (Å²) in [5.41, 5.74) is 2.33. The summed E-state index contributed by atoms with van der Waals surface area (Å²) in [5.74, 6) is 0.367. The zero-order valence-electron chi connectivity index (χ0n) is 23.3. The van der Waals surface area contributed by atoms with Gasteiger partial charge in [-0.25, -0.2) is 14.6 Å². The second-order valence-corrected chi connectivity index (χ2v) is 12.3. The maximum atomic E-state index is 13.5. The number of hydrogen-bond acceptors (Lipinski definition) is 9. The molecular formula is C30H33N3O6S2. The lowest BCUT2D eigenvalue weighted by molar-refractivity contribution is -0.144. The molecule has 0 saturated heterocycles. The van der Waals surface area contributed by atoms with Crippen LogP contribution in [-0.4, -0.2) is 53.5 Å². The van der Waals surface area contributed by atoms with Crippen LogP contribution in [0.2, 0.25) is 0 Å². The van der Waals surface area contributed by atoms with Crippen molar-refractivity contribution in [2.75, 3.05) is 12.9 Å². The van der Waals surface area contributed by atoms with E-state index in [-0.39, 0.29) is 6.42 Å². The van der Waals surface area contributed by atoms with Gasteiger partial charge in [0.1, 0.15) is 23.2 Å². The predicted molar refractivity (Wildman–Crippen MR) is 161 cm³/mol. The smallest absolute Gasteiger partial charge is 0.408 e. The monoisotopic (exact) mass is 595 g/mol. The standard InChI is InChI=1S/C30H33N3O6S2/c1-30(2,3)39-29(36)33-22(16-20-12-13-24-21(15-20)32-27(38-24)25-11-8-14-41-25)26(34)31-23(28(35)37-4)18-40-17-19-9-6-5-7-10-19/h5-15,22-23H,16-18H2,1-4H3,(H,31,34)(H,33,36)/t22-,23-/m0/s1. The van der Waals surface area contributed by atoms with E-state index < -0.39 is 35.7 Å². The SMILES string of the molecule is COC(=O)[C@H](CSCc1ccccc1)NC(=O)[C@H](Cc1ccc2oc(-c3cccs3)nc2c1)NC(=O)OC(C)(C)C. The van der Waals surface area contributed by atoms with Crippen molar-refractivity contribution in [3.05, 3.63) is 77.2 Å². The summed E-state index contributed by atoms with van der Waals surface area (Å²) in [6.07, 6.45) is -0.610. The Morgan fingerprint density at radius 2 is 1.78 bits per heavy atom. The molecule has 0 aliphatic rings. The first-order valence-corrected chi connectivity index (χ1v) is 15.1. The van der Waals surface area contributed by atoms with E-state index in [4.69, 9.17) is 13.9 Å². The molecule has 2 N–H and O–H groups in total. The van der Waals surface area contributed by atoms with Crippen LogP contribution in [-0.2, 0) is 31.2 Å². The molecule has 0 saturated carbocycles. The van der Waals surface area contributed by atoms with Gasteiger partial charge in [-0.05, 0) is 55.5 Å². The van der Waals surface area contributed by atoms with Gasteiger partial charge in [-0.3, -0.25) is 4.79 Å². The zero-order valence-corrected chi connectivity index (χ0v) is 25.0. The fraction of sp³-hybridized carbons (Fsp3) is 0.333. The molecule has 0 spiro atoms. The van der Waals surface area contributed by atoms with E-state index in [1.807, 2.05) is 60.0 Å². The van der Waals surface area contributed by atoms with Gasteiger partial charge < -0.3 is 24.5 Å². The third-order valence-corrected chi connectivity index (χ3v) is 7.79. The van der Waals surface area contributed by atoms with Crippen LogP contribution in [0.25, 0.3) is 21.9 Å². The molecule has 0 unspecified atom stereocenters. The first-order valence-electron chi connectivity index (χ1n) is 13.0. The minimum absolute atomic E-state index is 0.132. The fourth-order valence-electron chi connectivity index (χ4n) is 3.95. The van der Waals surface area contributed by atoms with Gasteiger partial charge >= 0.3 is 12.1 Å². The molecule has 0 radical (unpaired) electrons. The molecule has 0 aliphatic carbocycles. The molecule has 11 heteroatoms. The van der Waals surface area contributed by atoms with Gasteiger partial charge in [0.25, 0.3) is 0 Å². The van der Waals surface area contributed by atoms with Crippen molar-refractivity contribution in [2.45, 2.75) is 50.6 Å². The number of esters is 1. The summed E-state index contributed by atoms with van der Waals surface area (Å²) in [5, 5.41) is 7.38. The molecule has 2 heterocycles. The third-order valence-electron chi connectivity index (χ3n) is 5.83. The van der Waals surface area contributed by atoms with E-state index in [1.165, 1.54) is 30.2 Å². The molecule has 216 valence electrons. The number of fused-ring (bicyclic) bond motifs is 1. The number of thiophene rings is 1. The summed E-state index contributed by atoms with van der Waals surface area (Å²) in [7, 11) is 1.28. The number of benzene rings is 2. The van der Waals surface area contributed by atoms with E-state index in [0.717, 1.165) is 16.0 Å². The van der Waals surface area contributed by atoms with Crippen molar-refractivity contribution in [3.63, 3.8) is 0 Å². The number of aromatic nitrogens is 1. The largest absolute Gasteiger partial charge is 0.467 e. The van der Waals surface area contributed by atoms with E-state index in [9.17, 15) is 14.4 Å². The second kappa shape index (κ2) is 13.7. The first-order chi connectivity index (χ1) is 19.6. The zero-order chi connectivity index (χ0) is 29.4. The number of amides is 2. The summed E-state index contributed by atoms with van der Waals surface area (Å²) in [6.45, 7) is 5.22. The van der Waals surface area contributed by atoms with Crippen molar-refractivity contribution in [1.29, 1.82) is 0 Å². The van der Waals surface area contributed by atoms with Crippen molar-refractivity contribution in [1.82, 2.24) is 15.6 Å². The predicted octanol–water partition coefficient (Wildman–Crippen LogP) is 5.58. The molecule has 0 fully saturated rings. The highest BCUT2D eigenvalue weighted by Crippen LogP contribution is 2.28. The summed E-state index contributed by atoms with van der Waals surface area (Å²) in [4.78, 5) is 44.2. The lowest BCUT2D eigenvalue weighted by Crippen LogP contribution is -2.54. The van der Waals surface area contributed by atoms with Crippen molar-refractivity contribution in [2.24, 2.45) is 0 Å². The topological polar surface area (TPSA) is 120 Å². The van der Waals surface area contributed by atoms with Crippen LogP contribution in [0.3, 0.4) is 0 Å². The Kier molecular flexibility index (Phi) is 10.1. The van der Waals surface area contributed by atoms with E-state index >= 15 is 0 Å². The average Bonchev–Trinajstić information content (AvgIpc) is 3.61. The van der Waals surface area contributed by atoms with Gasteiger partial charge in [0.2, 0.25) is 11.8 Å². The van der Waals surface area contributed by atoms with E-state index in [0.29, 0.717) is 28.5 Å². The molecule has 9 nitrogen and oxygen atoms in total. The lowest BCUT2D eigenvalue weighted by Gasteiger charge is -2.25. The number of methoxy groups -OCH3 is 1. The van der Waals surface area contributed by atoms with Gasteiger partial charge in [-0.1, -0.05) is 42.5 Å². The number of oxazole rings is 1. The quantitative estimate of drug-likeness (QED) is 0.216. The Balaban J connectivity index is 1.50. The Morgan fingerprint density at radius 3 is 2.46 bits per heavy atom. The summed E-state index contributed by atoms with van der Waals surface area (Å²) < 4.78 is 16.2. The van der Waals surface area contributed by atoms with Crippen LogP contribution in [0.15, 0.2) is 70.5 Å². The maximum absolute atomic E-state index is 13.5. The third kappa shape index (κ3) is 8.83. The number of carbonyl (C=O) groups excluding carboxylic acids is 3. The van der Waals surface area contributed by atoms with E-state index in [1.54, 1.807) is 26.8 Å². The fourth-order valence-corrected chi connectivity index (χ4v) is 5.60. The van der Waals surface area contributed by atoms with Crippen LogP contribution in [0.5, 0.6) is 0 Å². The Morgan fingerprint density at radius 1 is 1.00 bits per heavy atom. The van der Waals surface area contributed by atoms with Crippen LogP contribution in [0.1, 0.15) is 31.9 Å². The number of hydrogen-bond donors (Lipinski definition) is 2. The number of nitrogens with one attached hydrogen (secondary N) is 2. The van der Waals surface area contributed by atoms with Gasteiger partial charge in [0.15, 0.2) is 5.58 Å². The van der Waals surface area contributed by atoms with Crippen LogP contribution in [0.4, 0.5) is 4.79 Å². The molecular weight excluding hydrogens is 562 g/mol. The van der Waals surface area contributed by atoms with Gasteiger partial charge in [0, 0.05) is 17.9 Å². The number of alkyl carbamates (subject to hydrolysis) is 1. The molecule has 0 bridgehead atoms. The number of carbonyl (C=O) groups is 3. The molecule has 2 aromatic carbocycles. The molecule has 2 aromatic heterocycles. The maximum Gasteiger partial charge on any atom is 0.408 e. The van der Waals surface area contributed by atoms with Crippen LogP contribution >= 0.6 is 23.1 Å². The molecule has 4 aromatic rings. The van der Waals surface area contributed by atoms with E-state index in [2.05, 4.69) is 15.6 Å². The number of thioether (sulfide) groups is 1. The number of nitrogens with zero attached hydrogens (tertiary/aromatic N) is 1. The van der Waals surface area contributed by atoms with Gasteiger partial charge in [-0.15, -0.1) is 11.3 Å². The Labute approximate surface area is 247 Å². The highest BCUT2D eigenvalue weighted by molar-refractivity contribution is 7.98. The van der Waals surface area contributed by atoms with Crippen LogP contribution < -0.4 is 10.6 Å². The second-order valence-electron chi connectivity index (χ2n) is 10.3. The highest BCUT2D eigenvalue weighted by atomic mass is 32.2. The molecule has 41 heavy (non-hydrogen) atoms. The normalized spacial score (nSPS) is 12.9. The van der Waals surface area contributed by atoms with Gasteiger partial charge in [-0.2, -0.15) is 11.8 Å². The molecule has 4 rings (SSSR count). The molecule has 2 amide bonds. The minimum atomic E-state index is -1.03. The van der Waals surface area contributed by atoms with Crippen molar-refractivity contribution >= 4 is 52.2 Å². The first kappa shape index (κ1) is 30.1. The number of rotatable bonds is 11.